The number of nitrogens with two attached hydrogens (primary N) is 2. The molecule has 2 fully saturated rings. The van der Waals surface area contributed by atoms with Crippen LogP contribution in [-0.4, -0.2) is 145 Å². The van der Waals surface area contributed by atoms with Crippen molar-refractivity contribution in [2.24, 2.45) is 0 Å². The lowest BCUT2D eigenvalue weighted by Crippen LogP contribution is -2.55. The highest BCUT2D eigenvalue weighted by atomic mass is 35.5. The van der Waals surface area contributed by atoms with Gasteiger partial charge in [0.05, 0.1) is 45.4 Å². The zero-order valence-electron chi connectivity index (χ0n) is 37.3. The maximum atomic E-state index is 13.3. The topological polar surface area (TPSA) is 420 Å². The van der Waals surface area contributed by atoms with Crippen LogP contribution in [0.25, 0.3) is 22.3 Å². The molecular weight excluding hydrogens is 1040 g/mol. The first-order valence-corrected chi connectivity index (χ1v) is 26.3. The summed E-state index contributed by atoms with van der Waals surface area (Å²) < 4.78 is 84.9. The van der Waals surface area contributed by atoms with Gasteiger partial charge in [0.25, 0.3) is 17.1 Å². The SMILES string of the molecule is Nc1nc2c(ncn2[C@@H]2O[C@H](COP(=O)(O)OCC(COP(=O)(O)OC[C@@H]3CN(Cc4ccccc4)C[C@H]([n+]4cn(CCOc5ccc(Cl)cc5)c5c(=O)[nH]c(N)nc54)O3)OP(=O)(O)O)[C@@H](O)[C@H]2O)c(=O)[nH]1. The first-order valence-electron chi connectivity index (χ1n) is 21.4. The normalized spacial score (nSPS) is 23.0. The van der Waals surface area contributed by atoms with E-state index in [9.17, 15) is 53.1 Å². The smallest absolute Gasteiger partial charge is 0.472 e. The number of aromatic nitrogens is 8. The standard InChI is InChI=1S/C38H47ClN11O19P3/c39-22-6-8-23(9-7-22)62-11-10-48-20-50(33-29(48)35(54)46-38(41)44-33)27-14-47(12-21-4-2-1-3-5-21)13-24(67-27)15-63-71(58,59)64-16-25(69-70(55,56)57)17-65-72(60,61)66-18-26-30(51)31(52)36(68-26)49-19-42-28-32(49)43-37(40)45-34(28)53/h1-9,19-20,24-27,30-31,36,51-52H,10-18H2,(H9-,40,41,43,44,45,46,53,54,55,56,57,58,59,60,61)/p+1/t24-,25?,26+,27+,30+,31+,36+/m0/s1. The second kappa shape index (κ2) is 22.2. The van der Waals surface area contributed by atoms with Gasteiger partial charge in [-0.3, -0.25) is 56.2 Å². The average Bonchev–Trinajstić information content (AvgIpc) is 3.99. The van der Waals surface area contributed by atoms with Crippen molar-refractivity contribution in [1.82, 2.24) is 39.0 Å². The van der Waals surface area contributed by atoms with Crippen molar-refractivity contribution in [2.45, 2.75) is 56.1 Å². The quantitative estimate of drug-likeness (QED) is 0.0311. The molecule has 0 amide bonds. The number of aliphatic hydroxyl groups excluding tert-OH is 2. The van der Waals surface area contributed by atoms with Crippen LogP contribution in [0.15, 0.2) is 76.8 Å². The molecule has 6 aromatic rings. The van der Waals surface area contributed by atoms with E-state index in [1.54, 1.807) is 39.7 Å². The van der Waals surface area contributed by atoms with Crippen molar-refractivity contribution in [3.63, 3.8) is 0 Å². The van der Waals surface area contributed by atoms with Gasteiger partial charge in [-0.15, -0.1) is 0 Å². The number of anilines is 2. The number of rotatable bonds is 22. The lowest BCUT2D eigenvalue weighted by molar-refractivity contribution is -0.747. The average molecular weight is 1090 g/mol. The number of nitrogen functional groups attached to an aromatic ring is 2. The van der Waals surface area contributed by atoms with E-state index in [4.69, 9.17) is 55.4 Å². The van der Waals surface area contributed by atoms with Gasteiger partial charge in [0.15, 0.2) is 29.9 Å². The van der Waals surface area contributed by atoms with Crippen molar-refractivity contribution in [3.05, 3.63) is 98.5 Å². The molecule has 0 spiro atoms. The van der Waals surface area contributed by atoms with Gasteiger partial charge < -0.3 is 55.5 Å². The van der Waals surface area contributed by atoms with Crippen molar-refractivity contribution < 1.29 is 84.9 Å². The van der Waals surface area contributed by atoms with Gasteiger partial charge in [-0.1, -0.05) is 46.9 Å². The summed E-state index contributed by atoms with van der Waals surface area (Å²) in [4.78, 5) is 84.8. The van der Waals surface area contributed by atoms with E-state index in [0.717, 1.165) is 16.5 Å². The molecule has 2 saturated heterocycles. The zero-order chi connectivity index (χ0) is 51.5. The second-order valence-electron chi connectivity index (χ2n) is 16.2. The fraction of sp³-hybridized carbons (Fsp3) is 0.421. The van der Waals surface area contributed by atoms with Gasteiger partial charge in [0, 0.05) is 18.1 Å². The van der Waals surface area contributed by atoms with Crippen LogP contribution < -0.4 is 31.9 Å². The number of aromatic amines is 2. The van der Waals surface area contributed by atoms with E-state index >= 15 is 0 Å². The number of benzene rings is 2. The third-order valence-electron chi connectivity index (χ3n) is 10.9. The van der Waals surface area contributed by atoms with Gasteiger partial charge in [-0.25, -0.2) is 23.2 Å². The second-order valence-corrected chi connectivity index (χ2v) is 20.7. The lowest BCUT2D eigenvalue weighted by atomic mass is 10.1. The highest BCUT2D eigenvalue weighted by molar-refractivity contribution is 7.47. The van der Waals surface area contributed by atoms with Crippen LogP contribution in [0, 0.1) is 0 Å². The van der Waals surface area contributed by atoms with Crippen LogP contribution in [0.4, 0.5) is 11.9 Å². The van der Waals surface area contributed by atoms with Gasteiger partial charge in [-0.2, -0.15) is 4.98 Å². The highest BCUT2D eigenvalue weighted by Crippen LogP contribution is 2.48. The Hall–Kier alpha value is -5.04. The summed E-state index contributed by atoms with van der Waals surface area (Å²) >= 11 is 6.00. The van der Waals surface area contributed by atoms with Crippen LogP contribution in [0.3, 0.4) is 0 Å². The van der Waals surface area contributed by atoms with Gasteiger partial charge in [0.2, 0.25) is 11.5 Å². The van der Waals surface area contributed by atoms with E-state index in [2.05, 4.69) is 29.4 Å². The molecule has 2 aliphatic rings. The van der Waals surface area contributed by atoms with E-state index in [1.807, 2.05) is 35.2 Å². The molecule has 6 heterocycles. The van der Waals surface area contributed by atoms with Crippen molar-refractivity contribution >= 4 is 69.3 Å². The molecule has 8 rings (SSSR count). The number of nitrogens with zero attached hydrogens (tertiary/aromatic N) is 7. The third-order valence-corrected chi connectivity index (χ3v) is 13.6. The van der Waals surface area contributed by atoms with E-state index in [1.165, 1.54) is 0 Å². The molecule has 72 heavy (non-hydrogen) atoms. The Bertz CT molecular complexity index is 3130. The van der Waals surface area contributed by atoms with E-state index in [0.29, 0.717) is 17.3 Å². The summed E-state index contributed by atoms with van der Waals surface area (Å²) in [5.74, 6) is 0.0819. The fourth-order valence-electron chi connectivity index (χ4n) is 7.76. The summed E-state index contributed by atoms with van der Waals surface area (Å²) in [6, 6.07) is 16.1. The predicted octanol–water partition coefficient (Wildman–Crippen LogP) is -0.194. The number of hydrogen-bond donors (Lipinski definition) is 10. The Morgan fingerprint density at radius 2 is 1.51 bits per heavy atom. The molecule has 9 atom stereocenters. The number of ether oxygens (including phenoxy) is 3. The minimum atomic E-state index is -5.43. The Kier molecular flexibility index (Phi) is 16.4. The Balaban J connectivity index is 0.901. The molecule has 3 unspecified atom stereocenters. The number of phosphoric acid groups is 3. The molecule has 2 aromatic carbocycles. The van der Waals surface area contributed by atoms with Crippen LogP contribution in [-0.2, 0) is 58.9 Å². The molecule has 0 radical (unpaired) electrons. The molecule has 30 nitrogen and oxygen atoms in total. The Morgan fingerprint density at radius 1 is 0.847 bits per heavy atom. The van der Waals surface area contributed by atoms with Crippen LogP contribution >= 0.6 is 35.1 Å². The van der Waals surface area contributed by atoms with E-state index in [-0.39, 0.29) is 60.5 Å². The minimum absolute atomic E-state index is 0.115. The van der Waals surface area contributed by atoms with Crippen molar-refractivity contribution in [1.29, 1.82) is 0 Å². The molecule has 0 aliphatic carbocycles. The number of halogens is 1. The van der Waals surface area contributed by atoms with Crippen LogP contribution in [0.2, 0.25) is 5.02 Å². The summed E-state index contributed by atoms with van der Waals surface area (Å²) in [6.45, 7) is -2.84. The van der Waals surface area contributed by atoms with Crippen LogP contribution in [0.1, 0.15) is 18.0 Å². The number of imidazole rings is 2. The fourth-order valence-corrected chi connectivity index (χ4v) is 9.94. The van der Waals surface area contributed by atoms with Crippen LogP contribution in [0.5, 0.6) is 5.75 Å². The predicted molar refractivity (Wildman–Crippen MR) is 246 cm³/mol. The highest BCUT2D eigenvalue weighted by Gasteiger charge is 2.46. The van der Waals surface area contributed by atoms with Crippen molar-refractivity contribution in [3.8, 4) is 5.75 Å². The molecule has 4 aromatic heterocycles. The number of fused-ring (bicyclic) bond motifs is 2. The Morgan fingerprint density at radius 3 is 2.21 bits per heavy atom. The van der Waals surface area contributed by atoms with E-state index < -0.39 is 104 Å². The number of hydrogen-bond acceptors (Lipinski definition) is 21. The summed E-state index contributed by atoms with van der Waals surface area (Å²) in [5, 5.41) is 21.9. The molecular formula is C38H48ClN11O19P3+. The molecule has 34 heteroatoms. The van der Waals surface area contributed by atoms with Gasteiger partial charge in [-0.05, 0) is 29.8 Å². The molecule has 0 bridgehead atoms. The number of aliphatic hydroxyl groups is 2. The number of H-pyrrole nitrogens is 2. The summed E-state index contributed by atoms with van der Waals surface area (Å²) in [6.07, 6.45) is -7.61. The number of morpholine rings is 1. The first kappa shape index (κ1) is 53.3. The molecule has 0 saturated carbocycles. The Labute approximate surface area is 410 Å². The summed E-state index contributed by atoms with van der Waals surface area (Å²) in [7, 11) is -15.8. The summed E-state index contributed by atoms with van der Waals surface area (Å²) in [5.41, 5.74) is 11.3. The van der Waals surface area contributed by atoms with Gasteiger partial charge >= 0.3 is 29.1 Å². The first-order chi connectivity index (χ1) is 34.1. The van der Waals surface area contributed by atoms with Crippen molar-refractivity contribution in [2.75, 3.05) is 57.6 Å². The monoisotopic (exact) mass is 1090 g/mol. The van der Waals surface area contributed by atoms with Gasteiger partial charge in [0.1, 0.15) is 43.3 Å². The molecule has 2 aliphatic heterocycles. The maximum Gasteiger partial charge on any atom is 0.472 e. The lowest BCUT2D eigenvalue weighted by Gasteiger charge is -2.37. The number of phosphoric ester groups is 3. The maximum absolute atomic E-state index is 13.3. The minimum Gasteiger partial charge on any atom is -0.490 e. The zero-order valence-corrected chi connectivity index (χ0v) is 40.7. The molecule has 390 valence electrons. The number of nitrogens with one attached hydrogen (secondary N) is 2. The largest absolute Gasteiger partial charge is 0.490 e. The molecule has 12 N–H and O–H groups in total. The third kappa shape index (κ3) is 13.4.